The number of halogens is 2. The van der Waals surface area contributed by atoms with Crippen molar-refractivity contribution in [2.24, 2.45) is 11.8 Å². The number of amides is 6. The van der Waals surface area contributed by atoms with E-state index in [-0.39, 0.29) is 70.4 Å². The summed E-state index contributed by atoms with van der Waals surface area (Å²) in [5, 5.41) is 28.9. The Balaban J connectivity index is 0.000000293. The van der Waals surface area contributed by atoms with E-state index in [2.05, 4.69) is 35.9 Å². The minimum Gasteiger partial charge on any atom is -0.495 e. The molecule has 0 spiro atoms. The fourth-order valence-corrected chi connectivity index (χ4v) is 14.4. The van der Waals surface area contributed by atoms with Crippen molar-refractivity contribution in [3.8, 4) is 11.5 Å². The molecule has 26 nitrogen and oxygen atoms in total. The molecule has 2 aromatic rings. The van der Waals surface area contributed by atoms with Gasteiger partial charge in [-0.3, -0.25) is 29.8 Å². The number of rotatable bonds is 16. The Labute approximate surface area is 637 Å². The quantitative estimate of drug-likeness (QED) is 0.0394. The molecule has 0 saturated carbocycles. The molecule has 8 rings (SSSR count). The van der Waals surface area contributed by atoms with Crippen LogP contribution >= 0.6 is 48.5 Å². The molecule has 4 saturated heterocycles. The number of aliphatic hydroxyl groups is 2. The van der Waals surface area contributed by atoms with Gasteiger partial charge in [0, 0.05) is 84.7 Å². The first-order valence-corrected chi connectivity index (χ1v) is 36.8. The molecule has 17 atom stereocenters. The number of likely N-dealkylation sites (N-methyl/N-ethyl adjacent to an activating group) is 2. The molecular weight excluding hydrogens is 1440 g/mol. The van der Waals surface area contributed by atoms with Crippen LogP contribution in [0, 0.1) is 11.8 Å². The lowest BCUT2D eigenvalue weighted by Crippen LogP contribution is -2.63. The number of nitrogens with one attached hydrogen (secondary N) is 2. The molecule has 0 radical (unpaired) electrons. The highest BCUT2D eigenvalue weighted by Crippen LogP contribution is 2.51. The Morgan fingerprint density at radius 1 is 0.667 bits per heavy atom. The number of carbonyl (C=O) groups is 8. The topological polar surface area (TPSA) is 313 Å². The van der Waals surface area contributed by atoms with Gasteiger partial charge in [-0.1, -0.05) is 105 Å². The first kappa shape index (κ1) is 85.6. The van der Waals surface area contributed by atoms with Crippen molar-refractivity contribution in [3.63, 3.8) is 0 Å². The van der Waals surface area contributed by atoms with Gasteiger partial charge in [0.15, 0.2) is 11.4 Å². The highest BCUT2D eigenvalue weighted by molar-refractivity contribution is 7.81. The number of thiol groups is 2. The monoisotopic (exact) mass is 1540 g/mol. The third-order valence-corrected chi connectivity index (χ3v) is 22.0. The lowest BCUT2D eigenvalue weighted by Gasteiger charge is -2.42. The van der Waals surface area contributed by atoms with Crippen molar-refractivity contribution < 1.29 is 95.9 Å². The second-order valence-electron chi connectivity index (χ2n) is 29.5. The third-order valence-electron chi connectivity index (χ3n) is 20.8. The molecular formula is C75H106Cl2N6O20S2. The van der Waals surface area contributed by atoms with E-state index in [4.69, 9.17) is 70.6 Å². The number of methoxy groups -OCH3 is 4. The van der Waals surface area contributed by atoms with E-state index in [1.807, 2.05) is 46.8 Å². The number of carbonyl (C=O) groups excluding carboxylic acids is 8. The van der Waals surface area contributed by atoms with Crippen LogP contribution in [-0.2, 0) is 79.5 Å². The van der Waals surface area contributed by atoms with Crippen molar-refractivity contribution in [2.75, 3.05) is 66.4 Å². The van der Waals surface area contributed by atoms with Gasteiger partial charge < -0.3 is 77.2 Å². The molecule has 6 aliphatic heterocycles. The first-order chi connectivity index (χ1) is 49.0. The van der Waals surface area contributed by atoms with Gasteiger partial charge >= 0.3 is 24.1 Å². The first-order valence-electron chi connectivity index (χ1n) is 35.1. The van der Waals surface area contributed by atoms with Crippen molar-refractivity contribution in [1.82, 2.24) is 20.4 Å². The molecule has 30 heteroatoms. The maximum atomic E-state index is 14.1. The molecule has 17 unspecified atom stereocenters. The summed E-state index contributed by atoms with van der Waals surface area (Å²) >= 11 is 22.4. The average Bonchev–Trinajstić information content (AvgIpc) is 1.57. The van der Waals surface area contributed by atoms with Gasteiger partial charge in [0.05, 0.1) is 50.6 Å². The molecule has 582 valence electrons. The zero-order valence-corrected chi connectivity index (χ0v) is 66.8. The standard InChI is InChI=1S/C38H54ClN3O10S.C37H52ClN3O10S/c1-21-12-11-13-28(49-10)38(47)20-27(50-35(46)40-38)22(2)33-37(6,52-33)29(51-34(45)23(3)41(7)30(43)14-15-36(4,5)53)19-31(44)42(8)25-17-24(16-21)18-26(48-9)32(25)39;1-20-11-10-12-28(48-9)37(46)19-27(49-35(45)39-37)22(3)33-36(5,51-33)29(50-34(44)23(4)40(6)30(42)14-13-21(2)52)18-31(43)41(7)25-16-24(15-20)17-26(47-8)32(25)38/h11-13,17-18,22-23,27-29,33,47,53H,14-16,19-20H2,1-10H3,(H,40,46);10-12,16-17,21-23,27-29,33,46,52H,13-15,18-19H2,1-9H3,(H,39,45)/b13-11+,21-12+;12-10+,20-11+. The van der Waals surface area contributed by atoms with Crippen LogP contribution in [0.5, 0.6) is 11.5 Å². The van der Waals surface area contributed by atoms with Crippen LogP contribution in [0.15, 0.2) is 71.9 Å². The second kappa shape index (κ2) is 35.2. The van der Waals surface area contributed by atoms with Crippen LogP contribution in [0.4, 0.5) is 21.0 Å². The van der Waals surface area contributed by atoms with Crippen molar-refractivity contribution in [2.45, 2.75) is 234 Å². The molecule has 6 heterocycles. The van der Waals surface area contributed by atoms with E-state index in [9.17, 15) is 48.6 Å². The summed E-state index contributed by atoms with van der Waals surface area (Å²) in [6.45, 7) is 19.7. The Morgan fingerprint density at radius 3 is 1.38 bits per heavy atom. The summed E-state index contributed by atoms with van der Waals surface area (Å²) in [5.41, 5.74) is -1.82. The Hall–Kier alpha value is -6.60. The molecule has 8 bridgehead atoms. The number of hydrogen-bond donors (Lipinski definition) is 6. The van der Waals surface area contributed by atoms with Crippen LogP contribution in [0.3, 0.4) is 0 Å². The summed E-state index contributed by atoms with van der Waals surface area (Å²) in [7, 11) is 12.0. The van der Waals surface area contributed by atoms with Gasteiger partial charge in [-0.05, 0) is 108 Å². The van der Waals surface area contributed by atoms with E-state index in [1.165, 1.54) is 62.1 Å². The summed E-state index contributed by atoms with van der Waals surface area (Å²) in [4.78, 5) is 113. The van der Waals surface area contributed by atoms with E-state index in [0.717, 1.165) is 22.3 Å². The predicted octanol–water partition coefficient (Wildman–Crippen LogP) is 9.62. The maximum absolute atomic E-state index is 14.1. The number of epoxide rings is 2. The van der Waals surface area contributed by atoms with Gasteiger partial charge in [0.1, 0.15) is 81.5 Å². The van der Waals surface area contributed by atoms with Crippen LogP contribution in [-0.4, -0.2) is 218 Å². The Bertz CT molecular complexity index is 3680. The van der Waals surface area contributed by atoms with Crippen LogP contribution in [0.2, 0.25) is 10.0 Å². The third kappa shape index (κ3) is 20.8. The minimum absolute atomic E-state index is 0.00636. The van der Waals surface area contributed by atoms with E-state index >= 15 is 0 Å². The summed E-state index contributed by atoms with van der Waals surface area (Å²) < 4.78 is 58.0. The van der Waals surface area contributed by atoms with Crippen molar-refractivity contribution in [3.05, 3.63) is 93.0 Å². The number of hydrogen-bond acceptors (Lipinski definition) is 22. The molecule has 105 heavy (non-hydrogen) atoms. The highest BCUT2D eigenvalue weighted by atomic mass is 35.5. The average molecular weight is 1550 g/mol. The zero-order valence-electron chi connectivity index (χ0n) is 63.5. The molecule has 6 amide bonds. The van der Waals surface area contributed by atoms with Crippen molar-refractivity contribution >= 4 is 108 Å². The van der Waals surface area contributed by atoms with E-state index in [0.29, 0.717) is 48.6 Å². The molecule has 4 fully saturated rings. The van der Waals surface area contributed by atoms with Gasteiger partial charge in [0.25, 0.3) is 0 Å². The Kier molecular flexibility index (Phi) is 28.7. The largest absolute Gasteiger partial charge is 0.495 e. The van der Waals surface area contributed by atoms with Crippen LogP contribution in [0.1, 0.15) is 139 Å². The molecule has 6 aliphatic rings. The van der Waals surface area contributed by atoms with E-state index < -0.39 is 131 Å². The normalized spacial score (nSPS) is 31.9. The number of anilines is 2. The number of alkyl carbamates (subject to hydrolysis) is 2. The summed E-state index contributed by atoms with van der Waals surface area (Å²) in [6.07, 6.45) is 3.30. The fourth-order valence-electron chi connectivity index (χ4n) is 13.5. The van der Waals surface area contributed by atoms with Crippen molar-refractivity contribution in [1.29, 1.82) is 0 Å². The Morgan fingerprint density at radius 2 is 1.04 bits per heavy atom. The van der Waals surface area contributed by atoms with Gasteiger partial charge in [0.2, 0.25) is 23.6 Å². The van der Waals surface area contributed by atoms with Gasteiger partial charge in [-0.25, -0.2) is 19.2 Å². The summed E-state index contributed by atoms with van der Waals surface area (Å²) in [5.74, 6) is -3.13. The van der Waals surface area contributed by atoms with Gasteiger partial charge in [-0.2, -0.15) is 25.3 Å². The maximum Gasteiger partial charge on any atom is 0.409 e. The van der Waals surface area contributed by atoms with Gasteiger partial charge in [-0.15, -0.1) is 0 Å². The smallest absolute Gasteiger partial charge is 0.409 e. The van der Waals surface area contributed by atoms with E-state index in [1.54, 1.807) is 104 Å². The number of esters is 2. The molecule has 2 aromatic carbocycles. The van der Waals surface area contributed by atoms with Crippen LogP contribution < -0.4 is 29.9 Å². The van der Waals surface area contributed by atoms with Crippen LogP contribution in [0.25, 0.3) is 0 Å². The number of benzene rings is 2. The second-order valence-corrected chi connectivity index (χ2v) is 32.4. The number of nitrogens with zero attached hydrogens (tertiary/aromatic N) is 4. The number of fused-ring (bicyclic) bond motifs is 10. The number of allylic oxidation sites excluding steroid dienone is 6. The fraction of sp³-hybridized carbons (Fsp3) is 0.627. The molecule has 0 aromatic heterocycles. The lowest BCUT2D eigenvalue weighted by atomic mass is 9.83. The predicted molar refractivity (Wildman–Crippen MR) is 402 cm³/mol. The lowest BCUT2D eigenvalue weighted by molar-refractivity contribution is -0.162. The minimum atomic E-state index is -1.83. The summed E-state index contributed by atoms with van der Waals surface area (Å²) in [6, 6.07) is 5.21. The highest BCUT2D eigenvalue weighted by Gasteiger charge is 2.66. The molecule has 0 aliphatic carbocycles. The number of ether oxygens (including phenoxy) is 10. The SMILES string of the molecule is COc1cc2cc(c1Cl)N(C)C(=O)CC(OC(=O)C(C)N(C)C(=O)CCC(C)(C)S)C1(C)OC1C(C)C1CC(O)(NC(=O)O1)C(OC)/C=C/C=C(\C)C2.COc1cc2cc(c1Cl)N(C)C(=O)CC(OC(=O)C(C)N(C)C(=O)CCC(C)S)C1(C)OC1C(C)C1CC(O)(NC(=O)O1)C(OC)/C=C/C=C(\C)C2. The zero-order chi connectivity index (χ0) is 78.3. The molecule has 4 N–H and O–H groups in total.